The van der Waals surface area contributed by atoms with E-state index in [1.807, 2.05) is 44.1 Å². The van der Waals surface area contributed by atoms with Gasteiger partial charge in [0, 0.05) is 13.1 Å². The number of nitrogens with zero attached hydrogens (tertiary/aromatic N) is 2. The molecule has 1 atom stereocenters. The summed E-state index contributed by atoms with van der Waals surface area (Å²) in [7, 11) is 3.84. The third-order valence-electron chi connectivity index (χ3n) is 2.61. The number of benzene rings is 1. The molecule has 4 nitrogen and oxygen atoms in total. The number of aliphatic hydroxyl groups is 1. The molecule has 0 aliphatic rings. The van der Waals surface area contributed by atoms with Crippen molar-refractivity contribution in [3.05, 3.63) is 29.3 Å². The summed E-state index contributed by atoms with van der Waals surface area (Å²) in [5.74, 6) is 0. The van der Waals surface area contributed by atoms with Gasteiger partial charge in [0.2, 0.25) is 0 Å². The van der Waals surface area contributed by atoms with E-state index < -0.39 is 5.60 Å². The van der Waals surface area contributed by atoms with Gasteiger partial charge in [-0.25, -0.2) is 0 Å². The van der Waals surface area contributed by atoms with Gasteiger partial charge in [0.15, 0.2) is 0 Å². The first-order chi connectivity index (χ1) is 8.34. The van der Waals surface area contributed by atoms with Crippen molar-refractivity contribution in [2.75, 3.05) is 32.5 Å². The highest BCUT2D eigenvalue weighted by Crippen LogP contribution is 2.17. The lowest BCUT2D eigenvalue weighted by atomic mass is 10.1. The van der Waals surface area contributed by atoms with Crippen molar-refractivity contribution in [1.82, 2.24) is 4.90 Å². The van der Waals surface area contributed by atoms with Crippen LogP contribution in [0.5, 0.6) is 0 Å². The average Bonchev–Trinajstić information content (AvgIpc) is 2.25. The summed E-state index contributed by atoms with van der Waals surface area (Å²) in [5.41, 5.74) is 1.59. The predicted molar refractivity (Wildman–Crippen MR) is 73.6 cm³/mol. The number of likely N-dealkylation sites (N-methyl/N-ethyl adjacent to an activating group) is 1. The Labute approximate surface area is 109 Å². The van der Waals surface area contributed by atoms with Crippen LogP contribution in [-0.4, -0.2) is 42.8 Å². The zero-order chi connectivity index (χ0) is 13.8. The quantitative estimate of drug-likeness (QED) is 0.829. The molecule has 0 aromatic heterocycles. The SMILES string of the molecule is Cc1ccc(NCC(C)(O)CN(C)C)c(C#N)c1. The van der Waals surface area contributed by atoms with Crippen LogP contribution in [0, 0.1) is 18.3 Å². The van der Waals surface area contributed by atoms with Gasteiger partial charge in [-0.05, 0) is 45.6 Å². The van der Waals surface area contributed by atoms with Gasteiger partial charge < -0.3 is 15.3 Å². The monoisotopic (exact) mass is 247 g/mol. The number of hydrogen-bond donors (Lipinski definition) is 2. The van der Waals surface area contributed by atoms with Crippen LogP contribution >= 0.6 is 0 Å². The van der Waals surface area contributed by atoms with Gasteiger partial charge in [-0.3, -0.25) is 0 Å². The Morgan fingerprint density at radius 3 is 2.67 bits per heavy atom. The van der Waals surface area contributed by atoms with E-state index >= 15 is 0 Å². The fourth-order valence-electron chi connectivity index (χ4n) is 1.93. The van der Waals surface area contributed by atoms with E-state index in [9.17, 15) is 5.11 Å². The molecule has 1 aromatic carbocycles. The van der Waals surface area contributed by atoms with Crippen LogP contribution in [0.4, 0.5) is 5.69 Å². The van der Waals surface area contributed by atoms with E-state index in [1.165, 1.54) is 0 Å². The number of rotatable bonds is 5. The molecular formula is C14H21N3O. The molecular weight excluding hydrogens is 226 g/mol. The zero-order valence-electron chi connectivity index (χ0n) is 11.5. The molecule has 98 valence electrons. The van der Waals surface area contributed by atoms with Crippen LogP contribution in [0.2, 0.25) is 0 Å². The van der Waals surface area contributed by atoms with Crippen LogP contribution in [-0.2, 0) is 0 Å². The van der Waals surface area contributed by atoms with E-state index in [0.717, 1.165) is 11.3 Å². The maximum absolute atomic E-state index is 10.2. The Hall–Kier alpha value is -1.57. The molecule has 1 rings (SSSR count). The van der Waals surface area contributed by atoms with Gasteiger partial charge in [-0.1, -0.05) is 6.07 Å². The Kier molecular flexibility index (Phi) is 4.71. The predicted octanol–water partition coefficient (Wildman–Crippen LogP) is 1.59. The van der Waals surface area contributed by atoms with Gasteiger partial charge in [0.25, 0.3) is 0 Å². The topological polar surface area (TPSA) is 59.3 Å². The average molecular weight is 247 g/mol. The summed E-state index contributed by atoms with van der Waals surface area (Å²) >= 11 is 0. The summed E-state index contributed by atoms with van der Waals surface area (Å²) in [5, 5.41) is 22.4. The van der Waals surface area contributed by atoms with Crippen molar-refractivity contribution in [3.8, 4) is 6.07 Å². The molecule has 0 saturated heterocycles. The minimum absolute atomic E-state index is 0.406. The molecule has 0 heterocycles. The molecule has 0 radical (unpaired) electrons. The molecule has 1 unspecified atom stereocenters. The van der Waals surface area contributed by atoms with Gasteiger partial charge in [-0.15, -0.1) is 0 Å². The number of nitrogens with one attached hydrogen (secondary N) is 1. The summed E-state index contributed by atoms with van der Waals surface area (Å²) in [4.78, 5) is 1.93. The molecule has 0 saturated carbocycles. The number of nitriles is 1. The largest absolute Gasteiger partial charge is 0.387 e. The van der Waals surface area contributed by atoms with Gasteiger partial charge in [0.1, 0.15) is 6.07 Å². The third-order valence-corrected chi connectivity index (χ3v) is 2.61. The standard InChI is InChI=1S/C14H21N3O/c1-11-5-6-13(12(7-11)8-15)16-9-14(2,18)10-17(3)4/h5-7,16,18H,9-10H2,1-4H3. The summed E-state index contributed by atoms with van der Waals surface area (Å²) in [6.07, 6.45) is 0. The molecule has 0 bridgehead atoms. The molecule has 0 aliphatic carbocycles. The molecule has 18 heavy (non-hydrogen) atoms. The van der Waals surface area contributed by atoms with Crippen LogP contribution < -0.4 is 5.32 Å². The second-order valence-corrected chi connectivity index (χ2v) is 5.25. The highest BCUT2D eigenvalue weighted by Gasteiger charge is 2.21. The van der Waals surface area contributed by atoms with E-state index in [-0.39, 0.29) is 0 Å². The first-order valence-corrected chi connectivity index (χ1v) is 5.96. The van der Waals surface area contributed by atoms with Crippen LogP contribution in [0.25, 0.3) is 0 Å². The van der Waals surface area contributed by atoms with E-state index in [2.05, 4.69) is 11.4 Å². The van der Waals surface area contributed by atoms with Crippen molar-refractivity contribution in [2.24, 2.45) is 0 Å². The van der Waals surface area contributed by atoms with E-state index in [4.69, 9.17) is 5.26 Å². The number of anilines is 1. The van der Waals surface area contributed by atoms with Crippen LogP contribution in [0.1, 0.15) is 18.1 Å². The Morgan fingerprint density at radius 1 is 1.44 bits per heavy atom. The number of aryl methyl sites for hydroxylation is 1. The van der Waals surface area contributed by atoms with Gasteiger partial charge in [0.05, 0.1) is 16.9 Å². The smallest absolute Gasteiger partial charge is 0.101 e. The second kappa shape index (κ2) is 5.85. The summed E-state index contributed by atoms with van der Waals surface area (Å²) in [6, 6.07) is 7.82. The molecule has 0 amide bonds. The molecule has 4 heteroatoms. The van der Waals surface area contributed by atoms with Crippen molar-refractivity contribution in [1.29, 1.82) is 5.26 Å². The van der Waals surface area contributed by atoms with Crippen molar-refractivity contribution < 1.29 is 5.11 Å². The first kappa shape index (κ1) is 14.5. The van der Waals surface area contributed by atoms with E-state index in [1.54, 1.807) is 6.92 Å². The Morgan fingerprint density at radius 2 is 2.11 bits per heavy atom. The lowest BCUT2D eigenvalue weighted by Gasteiger charge is -2.27. The highest BCUT2D eigenvalue weighted by molar-refractivity contribution is 5.58. The van der Waals surface area contributed by atoms with Crippen molar-refractivity contribution in [2.45, 2.75) is 19.4 Å². The number of hydrogen-bond acceptors (Lipinski definition) is 4. The summed E-state index contributed by atoms with van der Waals surface area (Å²) < 4.78 is 0. The maximum atomic E-state index is 10.2. The molecule has 0 aliphatic heterocycles. The fourth-order valence-corrected chi connectivity index (χ4v) is 1.93. The Balaban J connectivity index is 2.72. The normalized spacial score (nSPS) is 14.1. The maximum Gasteiger partial charge on any atom is 0.101 e. The molecule has 0 spiro atoms. The minimum Gasteiger partial charge on any atom is -0.387 e. The van der Waals surface area contributed by atoms with E-state index in [0.29, 0.717) is 18.7 Å². The highest BCUT2D eigenvalue weighted by atomic mass is 16.3. The van der Waals surface area contributed by atoms with Crippen LogP contribution in [0.15, 0.2) is 18.2 Å². The molecule has 0 fully saturated rings. The van der Waals surface area contributed by atoms with Crippen LogP contribution in [0.3, 0.4) is 0 Å². The van der Waals surface area contributed by atoms with Gasteiger partial charge in [-0.2, -0.15) is 5.26 Å². The second-order valence-electron chi connectivity index (χ2n) is 5.25. The summed E-state index contributed by atoms with van der Waals surface area (Å²) in [6.45, 7) is 4.70. The van der Waals surface area contributed by atoms with Crippen molar-refractivity contribution >= 4 is 5.69 Å². The zero-order valence-corrected chi connectivity index (χ0v) is 11.5. The third kappa shape index (κ3) is 4.36. The molecule has 2 N–H and O–H groups in total. The van der Waals surface area contributed by atoms with Gasteiger partial charge >= 0.3 is 0 Å². The lowest BCUT2D eigenvalue weighted by Crippen LogP contribution is -2.43. The minimum atomic E-state index is -0.832. The first-order valence-electron chi connectivity index (χ1n) is 5.96. The molecule has 1 aromatic rings. The van der Waals surface area contributed by atoms with Crippen molar-refractivity contribution in [3.63, 3.8) is 0 Å². The lowest BCUT2D eigenvalue weighted by molar-refractivity contribution is 0.0460. The fraction of sp³-hybridized carbons (Fsp3) is 0.500. The Bertz CT molecular complexity index is 447.